The van der Waals surface area contributed by atoms with Crippen LogP contribution in [0.2, 0.25) is 0 Å². The lowest BCUT2D eigenvalue weighted by Crippen LogP contribution is -2.42. The van der Waals surface area contributed by atoms with E-state index in [0.717, 1.165) is 6.07 Å². The number of hydrogen-bond donors (Lipinski definition) is 1. The Balaban J connectivity index is 3.17. The zero-order chi connectivity index (χ0) is 17.8. The SMILES string of the molecule is C=CC(F)(F)C(NC(=O)OC(C)(C)C)c1cccc([N+](=O)[O-])c1. The second-order valence-electron chi connectivity index (χ2n) is 5.81. The van der Waals surface area contributed by atoms with Crippen molar-refractivity contribution < 1.29 is 23.2 Å². The maximum absolute atomic E-state index is 14.1. The Morgan fingerprint density at radius 3 is 2.52 bits per heavy atom. The molecular formula is C15H18F2N2O4. The normalized spacial score (nSPS) is 13.1. The number of non-ortho nitro benzene ring substituents is 1. The Hall–Kier alpha value is -2.51. The van der Waals surface area contributed by atoms with Crippen molar-refractivity contribution in [3.63, 3.8) is 0 Å². The van der Waals surface area contributed by atoms with Crippen molar-refractivity contribution in [3.8, 4) is 0 Å². The third-order valence-electron chi connectivity index (χ3n) is 2.73. The molecule has 1 atom stereocenters. The van der Waals surface area contributed by atoms with Gasteiger partial charge in [0.25, 0.3) is 11.6 Å². The van der Waals surface area contributed by atoms with E-state index in [1.807, 2.05) is 5.32 Å². The lowest BCUT2D eigenvalue weighted by Gasteiger charge is -2.27. The summed E-state index contributed by atoms with van der Waals surface area (Å²) >= 11 is 0. The van der Waals surface area contributed by atoms with E-state index in [9.17, 15) is 23.7 Å². The van der Waals surface area contributed by atoms with Crippen molar-refractivity contribution in [2.24, 2.45) is 0 Å². The van der Waals surface area contributed by atoms with Crippen molar-refractivity contribution in [2.45, 2.75) is 38.3 Å². The van der Waals surface area contributed by atoms with Crippen LogP contribution < -0.4 is 5.32 Å². The van der Waals surface area contributed by atoms with E-state index in [1.54, 1.807) is 20.8 Å². The number of nitro groups is 1. The molecule has 0 aliphatic heterocycles. The molecule has 0 fully saturated rings. The van der Waals surface area contributed by atoms with Gasteiger partial charge in [-0.3, -0.25) is 10.1 Å². The first-order valence-corrected chi connectivity index (χ1v) is 6.71. The first-order chi connectivity index (χ1) is 10.5. The lowest BCUT2D eigenvalue weighted by atomic mass is 10.00. The Morgan fingerprint density at radius 2 is 2.04 bits per heavy atom. The highest BCUT2D eigenvalue weighted by Crippen LogP contribution is 2.34. The number of hydrogen-bond acceptors (Lipinski definition) is 4. The van der Waals surface area contributed by atoms with E-state index < -0.39 is 28.6 Å². The van der Waals surface area contributed by atoms with E-state index in [1.165, 1.54) is 18.2 Å². The summed E-state index contributed by atoms with van der Waals surface area (Å²) in [6.45, 7) is 7.79. The minimum Gasteiger partial charge on any atom is -0.444 e. The summed E-state index contributed by atoms with van der Waals surface area (Å²) < 4.78 is 33.1. The van der Waals surface area contributed by atoms with Crippen molar-refractivity contribution in [3.05, 3.63) is 52.6 Å². The van der Waals surface area contributed by atoms with Crippen LogP contribution in [0.5, 0.6) is 0 Å². The van der Waals surface area contributed by atoms with E-state index in [4.69, 9.17) is 4.74 Å². The molecule has 0 aromatic heterocycles. The third-order valence-corrected chi connectivity index (χ3v) is 2.73. The zero-order valence-corrected chi connectivity index (χ0v) is 13.0. The summed E-state index contributed by atoms with van der Waals surface area (Å²) in [6, 6.07) is 2.82. The topological polar surface area (TPSA) is 81.5 Å². The maximum atomic E-state index is 14.1. The molecule has 1 aromatic rings. The fourth-order valence-electron chi connectivity index (χ4n) is 1.76. The average Bonchev–Trinajstić information content (AvgIpc) is 2.42. The van der Waals surface area contributed by atoms with Crippen LogP contribution in [0, 0.1) is 10.1 Å². The molecule has 0 radical (unpaired) electrons. The molecule has 0 spiro atoms. The van der Waals surface area contributed by atoms with Gasteiger partial charge < -0.3 is 10.1 Å². The highest BCUT2D eigenvalue weighted by Gasteiger charge is 2.40. The third kappa shape index (κ3) is 5.32. The molecule has 1 amide bonds. The van der Waals surface area contributed by atoms with Gasteiger partial charge >= 0.3 is 6.09 Å². The summed E-state index contributed by atoms with van der Waals surface area (Å²) in [4.78, 5) is 21.9. The molecule has 1 unspecified atom stereocenters. The number of halogens is 2. The Bertz CT molecular complexity index is 612. The van der Waals surface area contributed by atoms with Crippen LogP contribution in [0.25, 0.3) is 0 Å². The second-order valence-corrected chi connectivity index (χ2v) is 5.81. The number of nitro benzene ring substituents is 1. The van der Waals surface area contributed by atoms with E-state index in [-0.39, 0.29) is 11.3 Å². The molecule has 0 saturated heterocycles. The number of amides is 1. The first-order valence-electron chi connectivity index (χ1n) is 6.71. The number of alkyl carbamates (subject to hydrolysis) is 1. The van der Waals surface area contributed by atoms with Crippen LogP contribution in [-0.2, 0) is 4.74 Å². The van der Waals surface area contributed by atoms with Gasteiger partial charge in [0.1, 0.15) is 11.6 Å². The zero-order valence-electron chi connectivity index (χ0n) is 13.0. The number of nitrogens with one attached hydrogen (secondary N) is 1. The molecule has 6 nitrogen and oxygen atoms in total. The predicted molar refractivity (Wildman–Crippen MR) is 80.4 cm³/mol. The first kappa shape index (κ1) is 18.5. The van der Waals surface area contributed by atoms with Gasteiger partial charge in [0.2, 0.25) is 0 Å². The molecule has 0 saturated carbocycles. The van der Waals surface area contributed by atoms with Gasteiger partial charge in [0.15, 0.2) is 0 Å². The van der Waals surface area contributed by atoms with E-state index in [0.29, 0.717) is 6.08 Å². The van der Waals surface area contributed by atoms with Gasteiger partial charge in [-0.15, -0.1) is 0 Å². The molecule has 0 aliphatic rings. The Morgan fingerprint density at radius 1 is 1.43 bits per heavy atom. The Kier molecular flexibility index (Phi) is 5.42. The molecule has 23 heavy (non-hydrogen) atoms. The molecule has 0 bridgehead atoms. The molecule has 0 heterocycles. The molecule has 1 aromatic carbocycles. The molecule has 0 aliphatic carbocycles. The van der Waals surface area contributed by atoms with Crippen LogP contribution in [-0.4, -0.2) is 22.5 Å². The largest absolute Gasteiger partial charge is 0.444 e. The molecule has 126 valence electrons. The minimum absolute atomic E-state index is 0.130. The highest BCUT2D eigenvalue weighted by molar-refractivity contribution is 5.68. The standard InChI is InChI=1S/C15H18F2N2O4/c1-5-15(16,17)12(18-13(20)23-14(2,3)4)10-7-6-8-11(9-10)19(21)22/h5-9,12H,1H2,2-4H3,(H,18,20). The summed E-state index contributed by atoms with van der Waals surface area (Å²) in [5, 5.41) is 12.8. The van der Waals surface area contributed by atoms with Crippen molar-refractivity contribution in [1.82, 2.24) is 5.32 Å². The van der Waals surface area contributed by atoms with Crippen LogP contribution in [0.1, 0.15) is 32.4 Å². The van der Waals surface area contributed by atoms with Gasteiger partial charge in [-0.25, -0.2) is 4.79 Å². The molecule has 8 heteroatoms. The maximum Gasteiger partial charge on any atom is 0.408 e. The van der Waals surface area contributed by atoms with Gasteiger partial charge in [0.05, 0.1) is 4.92 Å². The Labute approximate surface area is 132 Å². The fourth-order valence-corrected chi connectivity index (χ4v) is 1.76. The summed E-state index contributed by atoms with van der Waals surface area (Å²) in [5.41, 5.74) is -1.37. The van der Waals surface area contributed by atoms with Crippen molar-refractivity contribution in [2.75, 3.05) is 0 Å². The number of alkyl halides is 2. The predicted octanol–water partition coefficient (Wildman–Crippen LogP) is 3.98. The van der Waals surface area contributed by atoms with Crippen LogP contribution in [0.4, 0.5) is 19.3 Å². The van der Waals surface area contributed by atoms with Crippen molar-refractivity contribution in [1.29, 1.82) is 0 Å². The number of nitrogens with zero attached hydrogens (tertiary/aromatic N) is 1. The second kappa shape index (κ2) is 6.72. The van der Waals surface area contributed by atoms with Crippen LogP contribution in [0.3, 0.4) is 0 Å². The van der Waals surface area contributed by atoms with Crippen LogP contribution >= 0.6 is 0 Å². The van der Waals surface area contributed by atoms with E-state index >= 15 is 0 Å². The lowest BCUT2D eigenvalue weighted by molar-refractivity contribution is -0.385. The number of carbonyl (C=O) groups is 1. The summed E-state index contributed by atoms with van der Waals surface area (Å²) in [6.07, 6.45) is -0.691. The summed E-state index contributed by atoms with van der Waals surface area (Å²) in [5.74, 6) is -3.52. The van der Waals surface area contributed by atoms with Gasteiger partial charge in [-0.1, -0.05) is 18.7 Å². The van der Waals surface area contributed by atoms with Gasteiger partial charge in [-0.2, -0.15) is 8.78 Å². The fraction of sp³-hybridized carbons (Fsp3) is 0.400. The quantitative estimate of drug-likeness (QED) is 0.503. The van der Waals surface area contributed by atoms with Crippen molar-refractivity contribution >= 4 is 11.8 Å². The van der Waals surface area contributed by atoms with Crippen LogP contribution in [0.15, 0.2) is 36.9 Å². The number of ether oxygens (including phenoxy) is 1. The highest BCUT2D eigenvalue weighted by atomic mass is 19.3. The number of benzene rings is 1. The summed E-state index contributed by atoms with van der Waals surface area (Å²) in [7, 11) is 0. The van der Waals surface area contributed by atoms with Gasteiger partial charge in [-0.05, 0) is 32.4 Å². The molecule has 1 rings (SSSR count). The number of rotatable bonds is 5. The monoisotopic (exact) mass is 328 g/mol. The minimum atomic E-state index is -3.52. The smallest absolute Gasteiger partial charge is 0.408 e. The van der Waals surface area contributed by atoms with Gasteiger partial charge in [0, 0.05) is 12.1 Å². The molecular weight excluding hydrogens is 310 g/mol. The molecule has 1 N–H and O–H groups in total. The average molecular weight is 328 g/mol. The number of carbonyl (C=O) groups excluding carboxylic acids is 1. The van der Waals surface area contributed by atoms with E-state index in [2.05, 4.69) is 6.58 Å².